The average Bonchev–Trinajstić information content (AvgIpc) is 2.65. The van der Waals surface area contributed by atoms with E-state index in [1.54, 1.807) is 0 Å². The minimum absolute atomic E-state index is 0.580. The minimum Gasteiger partial charge on any atom is -0.204 e. The molecule has 0 aliphatic heterocycles. The summed E-state index contributed by atoms with van der Waals surface area (Å²) in [6, 6.07) is 22.4. The molecule has 118 valence electrons. The molecule has 1 aliphatic rings. The standard InChI is InChI=1S/C22H26B/c1-2-3-19-23(20-13-7-4-8-14-20,21-15-9-5-10-16-21)22-17-11-6-12-18-22/h4-17,22H,2-3,18-19H2,1H3/q-1. The highest BCUT2D eigenvalue weighted by Crippen LogP contribution is 2.34. The fourth-order valence-electron chi connectivity index (χ4n) is 4.37. The van der Waals surface area contributed by atoms with Crippen LogP contribution in [0.25, 0.3) is 0 Å². The van der Waals surface area contributed by atoms with Gasteiger partial charge in [-0.25, -0.2) is 10.9 Å². The van der Waals surface area contributed by atoms with Crippen molar-refractivity contribution in [2.75, 3.05) is 0 Å². The molecular weight excluding hydrogens is 275 g/mol. The lowest BCUT2D eigenvalue weighted by molar-refractivity contribution is 0.852. The highest BCUT2D eigenvalue weighted by molar-refractivity contribution is 7.03. The van der Waals surface area contributed by atoms with Crippen molar-refractivity contribution in [3.8, 4) is 0 Å². The number of rotatable bonds is 6. The molecule has 1 atom stereocenters. The molecule has 2 aromatic carbocycles. The third-order valence-electron chi connectivity index (χ3n) is 5.55. The first-order chi connectivity index (χ1) is 11.4. The van der Waals surface area contributed by atoms with Crippen LogP contribution in [-0.4, -0.2) is 6.15 Å². The fourth-order valence-corrected chi connectivity index (χ4v) is 4.37. The number of hydrogen-bond acceptors (Lipinski definition) is 0. The second kappa shape index (κ2) is 7.50. The Morgan fingerprint density at radius 2 is 1.48 bits per heavy atom. The van der Waals surface area contributed by atoms with Gasteiger partial charge in [-0.15, -0.1) is 11.9 Å². The van der Waals surface area contributed by atoms with Gasteiger partial charge in [0.05, 0.1) is 6.15 Å². The quantitative estimate of drug-likeness (QED) is 0.663. The Balaban J connectivity index is 2.16. The molecule has 0 bridgehead atoms. The summed E-state index contributed by atoms with van der Waals surface area (Å²) in [5, 5.41) is 0. The van der Waals surface area contributed by atoms with E-state index in [-0.39, 0.29) is 0 Å². The summed E-state index contributed by atoms with van der Waals surface area (Å²) < 4.78 is 0. The Hall–Kier alpha value is -2.02. The van der Waals surface area contributed by atoms with Gasteiger partial charge in [-0.2, -0.15) is 6.32 Å². The zero-order chi connectivity index (χ0) is 16.0. The molecule has 0 radical (unpaired) electrons. The van der Waals surface area contributed by atoms with Crippen molar-refractivity contribution in [2.24, 2.45) is 0 Å². The maximum Gasteiger partial charge on any atom is 0.0617 e. The van der Waals surface area contributed by atoms with E-state index in [0.29, 0.717) is 5.82 Å². The van der Waals surface area contributed by atoms with E-state index in [9.17, 15) is 0 Å². The lowest BCUT2D eigenvalue weighted by Crippen LogP contribution is -2.61. The van der Waals surface area contributed by atoms with Gasteiger partial charge in [0, 0.05) is 0 Å². The van der Waals surface area contributed by atoms with Crippen LogP contribution in [-0.2, 0) is 0 Å². The Kier molecular flexibility index (Phi) is 5.18. The van der Waals surface area contributed by atoms with Gasteiger partial charge in [0.1, 0.15) is 0 Å². The van der Waals surface area contributed by atoms with Gasteiger partial charge in [0.15, 0.2) is 0 Å². The van der Waals surface area contributed by atoms with Crippen LogP contribution < -0.4 is 10.9 Å². The molecule has 1 unspecified atom stereocenters. The van der Waals surface area contributed by atoms with Gasteiger partial charge < -0.3 is 0 Å². The molecule has 1 aliphatic carbocycles. The van der Waals surface area contributed by atoms with Crippen LogP contribution in [0, 0.1) is 0 Å². The first-order valence-corrected chi connectivity index (χ1v) is 9.00. The third-order valence-corrected chi connectivity index (χ3v) is 5.55. The van der Waals surface area contributed by atoms with Gasteiger partial charge >= 0.3 is 0 Å². The lowest BCUT2D eigenvalue weighted by Gasteiger charge is -2.48. The molecule has 23 heavy (non-hydrogen) atoms. The highest BCUT2D eigenvalue weighted by atomic mass is 14.1. The van der Waals surface area contributed by atoms with Crippen LogP contribution >= 0.6 is 0 Å². The summed E-state index contributed by atoms with van der Waals surface area (Å²) in [5.41, 5.74) is 3.02. The Morgan fingerprint density at radius 3 is 1.96 bits per heavy atom. The molecule has 3 rings (SSSR count). The molecule has 0 aromatic heterocycles. The number of benzene rings is 2. The molecular formula is C22H26B-. The predicted molar refractivity (Wildman–Crippen MR) is 104 cm³/mol. The molecule has 0 fully saturated rings. The second-order valence-corrected chi connectivity index (χ2v) is 6.80. The van der Waals surface area contributed by atoms with Crippen LogP contribution in [0.4, 0.5) is 0 Å². The molecule has 0 nitrogen and oxygen atoms in total. The molecule has 0 amide bonds. The highest BCUT2D eigenvalue weighted by Gasteiger charge is 2.33. The summed E-state index contributed by atoms with van der Waals surface area (Å²) in [6.45, 7) is 2.30. The second-order valence-electron chi connectivity index (χ2n) is 6.80. The number of unbranched alkanes of at least 4 members (excludes halogenated alkanes) is 1. The molecule has 2 aromatic rings. The zero-order valence-electron chi connectivity index (χ0n) is 14.1. The first-order valence-electron chi connectivity index (χ1n) is 9.00. The molecule has 1 heteroatoms. The van der Waals surface area contributed by atoms with Crippen molar-refractivity contribution in [1.29, 1.82) is 0 Å². The Morgan fingerprint density at radius 1 is 0.870 bits per heavy atom. The van der Waals surface area contributed by atoms with Gasteiger partial charge in [0.25, 0.3) is 0 Å². The van der Waals surface area contributed by atoms with Crippen LogP contribution in [0.2, 0.25) is 12.1 Å². The lowest BCUT2D eigenvalue weighted by atomic mass is 9.11. The maximum absolute atomic E-state index is 2.44. The normalized spacial score (nSPS) is 17.3. The zero-order valence-corrected chi connectivity index (χ0v) is 14.1. The van der Waals surface area contributed by atoms with E-state index < -0.39 is 6.15 Å². The molecule has 0 spiro atoms. The summed E-state index contributed by atoms with van der Waals surface area (Å²) >= 11 is 0. The summed E-state index contributed by atoms with van der Waals surface area (Å²) in [7, 11) is 0. The van der Waals surface area contributed by atoms with E-state index in [0.717, 1.165) is 6.42 Å². The maximum atomic E-state index is 2.44. The van der Waals surface area contributed by atoms with Crippen LogP contribution in [0.15, 0.2) is 85.0 Å². The van der Waals surface area contributed by atoms with Gasteiger partial charge in [-0.05, 0) is 0 Å². The van der Waals surface area contributed by atoms with E-state index >= 15 is 0 Å². The van der Waals surface area contributed by atoms with Crippen LogP contribution in [0.3, 0.4) is 0 Å². The first kappa shape index (κ1) is 15.9. The van der Waals surface area contributed by atoms with Crippen molar-refractivity contribution in [1.82, 2.24) is 0 Å². The molecule has 0 saturated heterocycles. The minimum atomic E-state index is -0.775. The van der Waals surface area contributed by atoms with Crippen molar-refractivity contribution in [3.63, 3.8) is 0 Å². The molecule has 0 N–H and O–H groups in total. The van der Waals surface area contributed by atoms with Gasteiger partial charge in [-0.3, -0.25) is 0 Å². The molecule has 0 heterocycles. The smallest absolute Gasteiger partial charge is 0.0617 e. The Bertz CT molecular complexity index is 615. The summed E-state index contributed by atoms with van der Waals surface area (Å²) in [6.07, 6.45) is 13.3. The van der Waals surface area contributed by atoms with Crippen molar-refractivity contribution in [2.45, 2.75) is 38.3 Å². The average molecular weight is 301 g/mol. The fraction of sp³-hybridized carbons (Fsp3) is 0.273. The largest absolute Gasteiger partial charge is 0.204 e. The third kappa shape index (κ3) is 3.19. The monoisotopic (exact) mass is 301 g/mol. The van der Waals surface area contributed by atoms with Crippen molar-refractivity contribution >= 4 is 17.1 Å². The van der Waals surface area contributed by atoms with E-state index in [1.165, 1.54) is 30.1 Å². The topological polar surface area (TPSA) is 0 Å². The van der Waals surface area contributed by atoms with E-state index in [4.69, 9.17) is 0 Å². The van der Waals surface area contributed by atoms with E-state index in [1.807, 2.05) is 0 Å². The van der Waals surface area contributed by atoms with Crippen LogP contribution in [0.1, 0.15) is 26.2 Å². The van der Waals surface area contributed by atoms with Crippen LogP contribution in [0.5, 0.6) is 0 Å². The predicted octanol–water partition coefficient (Wildman–Crippen LogP) is 4.94. The number of allylic oxidation sites excluding steroid dienone is 4. The number of hydrogen-bond donors (Lipinski definition) is 0. The van der Waals surface area contributed by atoms with Crippen molar-refractivity contribution < 1.29 is 0 Å². The van der Waals surface area contributed by atoms with Crippen molar-refractivity contribution in [3.05, 3.63) is 85.0 Å². The molecule has 0 saturated carbocycles. The van der Waals surface area contributed by atoms with Gasteiger partial charge in [0.2, 0.25) is 0 Å². The van der Waals surface area contributed by atoms with Gasteiger partial charge in [-0.1, -0.05) is 105 Å². The summed E-state index contributed by atoms with van der Waals surface area (Å²) in [5.74, 6) is 0.580. The van der Waals surface area contributed by atoms with E-state index in [2.05, 4.69) is 91.9 Å². The Labute approximate surface area is 140 Å². The summed E-state index contributed by atoms with van der Waals surface area (Å²) in [4.78, 5) is 0. The SMILES string of the molecule is CCCC[B-](c1ccccc1)(c1ccccc1)C1C=CC=CC1.